The van der Waals surface area contributed by atoms with E-state index in [4.69, 9.17) is 14.2 Å². The number of hydrogen-bond donors (Lipinski definition) is 2. The Hall–Kier alpha value is -2.62. The normalized spacial score (nSPS) is 24.8. The van der Waals surface area contributed by atoms with E-state index in [1.807, 2.05) is 6.07 Å². The fourth-order valence-corrected chi connectivity index (χ4v) is 5.54. The highest BCUT2D eigenvalue weighted by atomic mass is 32.2. The van der Waals surface area contributed by atoms with Crippen molar-refractivity contribution in [3.63, 3.8) is 0 Å². The zero-order valence-electron chi connectivity index (χ0n) is 17.4. The minimum atomic E-state index is -3.83. The quantitative estimate of drug-likeness (QED) is 0.652. The second-order valence-electron chi connectivity index (χ2n) is 8.22. The molecule has 1 fully saturated rings. The molecule has 0 amide bonds. The highest BCUT2D eigenvalue weighted by Gasteiger charge is 2.52. The summed E-state index contributed by atoms with van der Waals surface area (Å²) in [4.78, 5) is 12.1. The van der Waals surface area contributed by atoms with E-state index in [9.17, 15) is 18.3 Å². The Kier molecular flexibility index (Phi) is 5.45. The van der Waals surface area contributed by atoms with Crippen molar-refractivity contribution in [1.29, 1.82) is 0 Å². The number of hydrogen-bond acceptors (Lipinski definition) is 7. The molecule has 4 atom stereocenters. The second kappa shape index (κ2) is 7.81. The summed E-state index contributed by atoms with van der Waals surface area (Å²) in [5.74, 6) is -0.118. The summed E-state index contributed by atoms with van der Waals surface area (Å²) in [6, 6.07) is 12.5. The van der Waals surface area contributed by atoms with Gasteiger partial charge in [0.1, 0.15) is 6.10 Å². The van der Waals surface area contributed by atoms with E-state index in [0.29, 0.717) is 11.5 Å². The van der Waals surface area contributed by atoms with Crippen LogP contribution in [0.2, 0.25) is 0 Å². The molecular formula is C22H25NO7S. The van der Waals surface area contributed by atoms with Gasteiger partial charge in [0.25, 0.3) is 0 Å². The van der Waals surface area contributed by atoms with Crippen LogP contribution in [0.15, 0.2) is 53.4 Å². The number of aliphatic hydroxyl groups is 1. The van der Waals surface area contributed by atoms with Crippen molar-refractivity contribution in [2.45, 2.75) is 54.9 Å². The van der Waals surface area contributed by atoms with Crippen LogP contribution in [0.1, 0.15) is 31.7 Å². The molecule has 31 heavy (non-hydrogen) atoms. The largest absolute Gasteiger partial charge is 0.485 e. The molecule has 4 rings (SSSR count). The number of esters is 1. The van der Waals surface area contributed by atoms with Crippen LogP contribution in [0.4, 0.5) is 0 Å². The highest BCUT2D eigenvalue weighted by molar-refractivity contribution is 7.89. The maximum atomic E-state index is 12.9. The number of nitrogens with one attached hydrogen (secondary N) is 1. The maximum absolute atomic E-state index is 12.9. The molecule has 1 aliphatic heterocycles. The van der Waals surface area contributed by atoms with Crippen LogP contribution in [0.3, 0.4) is 0 Å². The summed E-state index contributed by atoms with van der Waals surface area (Å²) in [6.07, 6.45) is -1.06. The average Bonchev–Trinajstić information content (AvgIpc) is 3.24. The van der Waals surface area contributed by atoms with Gasteiger partial charge >= 0.3 is 5.97 Å². The number of sulfonamides is 1. The molecule has 8 nitrogen and oxygen atoms in total. The first-order chi connectivity index (χ1) is 14.6. The van der Waals surface area contributed by atoms with Gasteiger partial charge in [-0.15, -0.1) is 0 Å². The number of carbonyl (C=O) groups is 1. The Morgan fingerprint density at radius 1 is 1.16 bits per heavy atom. The Morgan fingerprint density at radius 3 is 2.55 bits per heavy atom. The van der Waals surface area contributed by atoms with Gasteiger partial charge in [-0.3, -0.25) is 0 Å². The first-order valence-electron chi connectivity index (χ1n) is 9.96. The lowest BCUT2D eigenvalue weighted by Crippen LogP contribution is -2.43. The van der Waals surface area contributed by atoms with Crippen molar-refractivity contribution in [2.24, 2.45) is 0 Å². The number of rotatable bonds is 6. The van der Waals surface area contributed by atoms with Gasteiger partial charge < -0.3 is 19.3 Å². The number of carbonyl (C=O) groups excluding carboxylic acids is 1. The van der Waals surface area contributed by atoms with Gasteiger partial charge in [-0.2, -0.15) is 0 Å². The Bertz CT molecular complexity index is 1080. The lowest BCUT2D eigenvalue weighted by Gasteiger charge is -2.25. The molecule has 0 radical (unpaired) electrons. The van der Waals surface area contributed by atoms with Gasteiger partial charge in [0.05, 0.1) is 24.2 Å². The lowest BCUT2D eigenvalue weighted by atomic mass is 9.94. The first kappa shape index (κ1) is 21.6. The van der Waals surface area contributed by atoms with Gasteiger partial charge in [-0.25, -0.2) is 17.9 Å². The van der Waals surface area contributed by atoms with Gasteiger partial charge in [0.15, 0.2) is 17.1 Å². The molecule has 1 heterocycles. The smallest absolute Gasteiger partial charge is 0.349 e. The SMILES string of the molecule is COC(=O)C(C)(C)Oc1cccc2c1OC1CC(O)[C@@H](NS(=O)(=O)c3ccccc3)C21. The molecule has 1 aliphatic carbocycles. The number of para-hydroxylation sites is 1. The van der Waals surface area contributed by atoms with Crippen LogP contribution < -0.4 is 14.2 Å². The van der Waals surface area contributed by atoms with E-state index < -0.39 is 45.8 Å². The van der Waals surface area contributed by atoms with E-state index in [2.05, 4.69) is 4.72 Å². The van der Waals surface area contributed by atoms with E-state index in [-0.39, 0.29) is 11.3 Å². The lowest BCUT2D eigenvalue weighted by molar-refractivity contribution is -0.156. The van der Waals surface area contributed by atoms with Crippen LogP contribution >= 0.6 is 0 Å². The first-order valence-corrected chi connectivity index (χ1v) is 11.4. The van der Waals surface area contributed by atoms with E-state index in [1.165, 1.54) is 19.2 Å². The molecular weight excluding hydrogens is 422 g/mol. The third kappa shape index (κ3) is 3.88. The van der Waals surface area contributed by atoms with Crippen LogP contribution in [-0.2, 0) is 19.6 Å². The third-order valence-corrected chi connectivity index (χ3v) is 7.18. The number of methoxy groups -OCH3 is 1. The van der Waals surface area contributed by atoms with Crippen molar-refractivity contribution >= 4 is 16.0 Å². The molecule has 2 N–H and O–H groups in total. The fourth-order valence-electron chi connectivity index (χ4n) is 4.23. The molecule has 166 valence electrons. The van der Waals surface area contributed by atoms with Gasteiger partial charge in [-0.1, -0.05) is 30.3 Å². The van der Waals surface area contributed by atoms with Crippen LogP contribution in [0.5, 0.6) is 11.5 Å². The zero-order valence-corrected chi connectivity index (χ0v) is 18.3. The fraction of sp³-hybridized carbons (Fsp3) is 0.409. The summed E-state index contributed by atoms with van der Waals surface area (Å²) in [7, 11) is -2.54. The Morgan fingerprint density at radius 2 is 1.87 bits per heavy atom. The van der Waals surface area contributed by atoms with Crippen LogP contribution in [-0.4, -0.2) is 50.5 Å². The van der Waals surface area contributed by atoms with Crippen molar-refractivity contribution < 1.29 is 32.5 Å². The van der Waals surface area contributed by atoms with Crippen LogP contribution in [0, 0.1) is 0 Å². The predicted octanol–water partition coefficient (Wildman–Crippen LogP) is 1.97. The molecule has 0 bridgehead atoms. The van der Waals surface area contributed by atoms with Crippen molar-refractivity contribution in [3.05, 3.63) is 54.1 Å². The van der Waals surface area contributed by atoms with Crippen molar-refractivity contribution in [3.8, 4) is 11.5 Å². The summed E-state index contributed by atoms with van der Waals surface area (Å²) in [5.41, 5.74) is -0.515. The van der Waals surface area contributed by atoms with Crippen molar-refractivity contribution in [2.75, 3.05) is 7.11 Å². The van der Waals surface area contributed by atoms with E-state index >= 15 is 0 Å². The number of aliphatic hydroxyl groups excluding tert-OH is 1. The summed E-state index contributed by atoms with van der Waals surface area (Å²) < 4.78 is 45.1. The van der Waals surface area contributed by atoms with Crippen LogP contribution in [0.25, 0.3) is 0 Å². The van der Waals surface area contributed by atoms with E-state index in [1.54, 1.807) is 44.2 Å². The summed E-state index contributed by atoms with van der Waals surface area (Å²) in [5, 5.41) is 10.6. The van der Waals surface area contributed by atoms with Gasteiger partial charge in [0.2, 0.25) is 10.0 Å². The molecule has 2 aromatic rings. The number of fused-ring (bicyclic) bond motifs is 3. The monoisotopic (exact) mass is 447 g/mol. The summed E-state index contributed by atoms with van der Waals surface area (Å²) >= 11 is 0. The molecule has 1 saturated carbocycles. The topological polar surface area (TPSA) is 111 Å². The average molecular weight is 448 g/mol. The minimum Gasteiger partial charge on any atom is -0.485 e. The zero-order chi connectivity index (χ0) is 22.4. The molecule has 2 aromatic carbocycles. The molecule has 0 saturated heterocycles. The van der Waals surface area contributed by atoms with Crippen molar-refractivity contribution in [1.82, 2.24) is 4.72 Å². The molecule has 0 aromatic heterocycles. The molecule has 2 aliphatic rings. The second-order valence-corrected chi connectivity index (χ2v) is 9.94. The standard InChI is InChI=1S/C22H25NO7S/c1-22(2,21(25)28-3)30-16-11-7-10-14-18-17(29-20(14)16)12-15(24)19(18)23-31(26,27)13-8-5-4-6-9-13/h4-11,15,17-19,23-24H,12H2,1-3H3/t15?,17?,18?,19-/m1/s1. The third-order valence-electron chi connectivity index (χ3n) is 5.70. The number of benzene rings is 2. The molecule has 9 heteroatoms. The summed E-state index contributed by atoms with van der Waals surface area (Å²) in [6.45, 7) is 3.18. The highest BCUT2D eigenvalue weighted by Crippen LogP contribution is 2.51. The Balaban J connectivity index is 1.64. The molecule has 3 unspecified atom stereocenters. The maximum Gasteiger partial charge on any atom is 0.349 e. The predicted molar refractivity (Wildman–Crippen MR) is 111 cm³/mol. The Labute approximate surface area is 181 Å². The van der Waals surface area contributed by atoms with Gasteiger partial charge in [0, 0.05) is 17.9 Å². The minimum absolute atomic E-state index is 0.127. The number of ether oxygens (including phenoxy) is 3. The van der Waals surface area contributed by atoms with E-state index in [0.717, 1.165) is 5.56 Å². The van der Waals surface area contributed by atoms with Gasteiger partial charge in [-0.05, 0) is 32.0 Å². The molecule has 0 spiro atoms.